The molecule has 0 bridgehead atoms. The van der Waals surface area contributed by atoms with Crippen molar-refractivity contribution in [2.75, 3.05) is 6.54 Å². The molecule has 5 rings (SSSR count). The van der Waals surface area contributed by atoms with Crippen LogP contribution in [0.3, 0.4) is 0 Å². The predicted molar refractivity (Wildman–Crippen MR) is 119 cm³/mol. The molecule has 0 saturated heterocycles. The van der Waals surface area contributed by atoms with Crippen molar-refractivity contribution in [1.82, 2.24) is 29.8 Å². The van der Waals surface area contributed by atoms with Crippen LogP contribution in [0.2, 0.25) is 0 Å². The first-order valence-corrected chi connectivity index (χ1v) is 10.3. The van der Waals surface area contributed by atoms with Crippen molar-refractivity contribution in [3.05, 3.63) is 88.4 Å². The average molecular weight is 444 g/mol. The van der Waals surface area contributed by atoms with Gasteiger partial charge in [-0.2, -0.15) is 5.10 Å². The summed E-state index contributed by atoms with van der Waals surface area (Å²) in [5, 5.41) is 11.2. The zero-order valence-electron chi connectivity index (χ0n) is 17.8. The molecule has 1 aromatic carbocycles. The maximum atomic E-state index is 12.9. The molecule has 0 radical (unpaired) electrons. The summed E-state index contributed by atoms with van der Waals surface area (Å²) >= 11 is 0. The minimum Gasteiger partial charge on any atom is -0.461 e. The number of hydrogen-bond acceptors (Lipinski definition) is 7. The molecule has 1 amide bonds. The third kappa shape index (κ3) is 4.18. The number of nitrogens with zero attached hydrogens (tertiary/aromatic N) is 5. The molecular weight excluding hydrogens is 424 g/mol. The molecule has 5 aromatic rings. The summed E-state index contributed by atoms with van der Waals surface area (Å²) in [6.07, 6.45) is 4.54. The number of amides is 1. The zero-order valence-corrected chi connectivity index (χ0v) is 17.8. The summed E-state index contributed by atoms with van der Waals surface area (Å²) in [4.78, 5) is 29.6. The van der Waals surface area contributed by atoms with E-state index >= 15 is 0 Å². The van der Waals surface area contributed by atoms with Crippen LogP contribution in [0, 0.1) is 6.92 Å². The summed E-state index contributed by atoms with van der Waals surface area (Å²) in [5.41, 5.74) is 2.63. The molecule has 0 unspecified atom stereocenters. The molecule has 0 spiro atoms. The van der Waals surface area contributed by atoms with Crippen LogP contribution in [0.5, 0.6) is 0 Å². The average Bonchev–Trinajstić information content (AvgIpc) is 3.58. The largest absolute Gasteiger partial charge is 0.461 e. The highest BCUT2D eigenvalue weighted by Crippen LogP contribution is 2.20. The number of carbonyl (C=O) groups excluding carboxylic acids is 1. The highest BCUT2D eigenvalue weighted by molar-refractivity contribution is 5.92. The van der Waals surface area contributed by atoms with Gasteiger partial charge < -0.3 is 14.3 Å². The number of furan rings is 1. The lowest BCUT2D eigenvalue weighted by Gasteiger charge is -2.07. The van der Waals surface area contributed by atoms with Gasteiger partial charge in [0.1, 0.15) is 11.7 Å². The Morgan fingerprint density at radius 3 is 2.79 bits per heavy atom. The molecule has 4 aromatic heterocycles. The van der Waals surface area contributed by atoms with E-state index < -0.39 is 0 Å². The molecule has 10 heteroatoms. The molecule has 0 saturated carbocycles. The Labute approximate surface area is 187 Å². The summed E-state index contributed by atoms with van der Waals surface area (Å²) in [6.45, 7) is 3.06. The first-order valence-electron chi connectivity index (χ1n) is 10.3. The fourth-order valence-electron chi connectivity index (χ4n) is 3.45. The van der Waals surface area contributed by atoms with Gasteiger partial charge in [0.2, 0.25) is 5.76 Å². The van der Waals surface area contributed by atoms with Crippen molar-refractivity contribution in [2.24, 2.45) is 0 Å². The molecule has 0 aliphatic heterocycles. The number of hydrogen-bond donors (Lipinski definition) is 1. The van der Waals surface area contributed by atoms with E-state index in [0.29, 0.717) is 35.6 Å². The van der Waals surface area contributed by atoms with Gasteiger partial charge in [-0.25, -0.2) is 9.67 Å². The Balaban J connectivity index is 1.24. The van der Waals surface area contributed by atoms with E-state index in [9.17, 15) is 9.59 Å². The third-order valence-electron chi connectivity index (χ3n) is 5.21. The third-order valence-corrected chi connectivity index (χ3v) is 5.21. The monoisotopic (exact) mass is 444 g/mol. The Morgan fingerprint density at radius 2 is 2.00 bits per heavy atom. The smallest absolute Gasteiger partial charge is 0.273 e. The Bertz CT molecular complexity index is 1460. The minimum atomic E-state index is -0.388. The van der Waals surface area contributed by atoms with Crippen molar-refractivity contribution in [3.63, 3.8) is 0 Å². The Morgan fingerprint density at radius 1 is 1.15 bits per heavy atom. The molecule has 0 fully saturated rings. The van der Waals surface area contributed by atoms with Gasteiger partial charge in [-0.3, -0.25) is 14.2 Å². The van der Waals surface area contributed by atoms with E-state index in [1.807, 2.05) is 31.2 Å². The molecule has 4 heterocycles. The van der Waals surface area contributed by atoms with Gasteiger partial charge >= 0.3 is 0 Å². The van der Waals surface area contributed by atoms with Crippen molar-refractivity contribution in [1.29, 1.82) is 0 Å². The van der Waals surface area contributed by atoms with Crippen molar-refractivity contribution in [2.45, 2.75) is 20.0 Å². The highest BCUT2D eigenvalue weighted by Gasteiger charge is 2.15. The number of aromatic nitrogens is 5. The Hall–Kier alpha value is -4.47. The molecule has 166 valence electrons. The minimum absolute atomic E-state index is 0.142. The first kappa shape index (κ1) is 20.4. The summed E-state index contributed by atoms with van der Waals surface area (Å²) in [6, 6.07) is 12.9. The van der Waals surface area contributed by atoms with Gasteiger partial charge in [-0.1, -0.05) is 35.0 Å². The van der Waals surface area contributed by atoms with E-state index in [-0.39, 0.29) is 23.7 Å². The normalized spacial score (nSPS) is 11.2. The number of benzene rings is 1. The first-order chi connectivity index (χ1) is 16.1. The van der Waals surface area contributed by atoms with Crippen molar-refractivity contribution in [3.8, 4) is 11.5 Å². The summed E-state index contributed by atoms with van der Waals surface area (Å²) < 4.78 is 13.5. The van der Waals surface area contributed by atoms with E-state index in [2.05, 4.69) is 20.6 Å². The lowest BCUT2D eigenvalue weighted by Crippen LogP contribution is -2.28. The van der Waals surface area contributed by atoms with E-state index in [4.69, 9.17) is 8.94 Å². The number of aryl methyl sites for hydroxylation is 1. The number of nitrogens with one attached hydrogen (secondary N) is 1. The van der Waals surface area contributed by atoms with Gasteiger partial charge in [0, 0.05) is 12.6 Å². The number of carbonyl (C=O) groups is 1. The zero-order chi connectivity index (χ0) is 22.8. The van der Waals surface area contributed by atoms with Gasteiger partial charge in [-0.05, 0) is 24.6 Å². The van der Waals surface area contributed by atoms with Crippen LogP contribution in [-0.4, -0.2) is 36.9 Å². The Kier molecular flexibility index (Phi) is 5.31. The van der Waals surface area contributed by atoms with Crippen LogP contribution in [0.25, 0.3) is 22.6 Å². The molecule has 0 aliphatic carbocycles. The maximum Gasteiger partial charge on any atom is 0.273 e. The van der Waals surface area contributed by atoms with E-state index in [1.165, 1.54) is 24.9 Å². The van der Waals surface area contributed by atoms with Crippen LogP contribution in [0.1, 0.15) is 21.6 Å². The maximum absolute atomic E-state index is 12.9. The van der Waals surface area contributed by atoms with Crippen LogP contribution >= 0.6 is 0 Å². The topological polar surface area (TPSA) is 121 Å². The van der Waals surface area contributed by atoms with Crippen LogP contribution in [-0.2, 0) is 13.1 Å². The molecule has 1 N–H and O–H groups in total. The number of fused-ring (bicyclic) bond motifs is 1. The van der Waals surface area contributed by atoms with Crippen LogP contribution in [0.15, 0.2) is 75.0 Å². The van der Waals surface area contributed by atoms with Crippen molar-refractivity contribution >= 4 is 16.9 Å². The summed E-state index contributed by atoms with van der Waals surface area (Å²) in [7, 11) is 0. The van der Waals surface area contributed by atoms with Crippen LogP contribution in [0.4, 0.5) is 0 Å². The van der Waals surface area contributed by atoms with Crippen LogP contribution < -0.4 is 10.9 Å². The molecule has 33 heavy (non-hydrogen) atoms. The second kappa shape index (κ2) is 8.58. The van der Waals surface area contributed by atoms with Crippen molar-refractivity contribution < 1.29 is 13.7 Å². The van der Waals surface area contributed by atoms with E-state index in [0.717, 1.165) is 11.1 Å². The van der Waals surface area contributed by atoms with E-state index in [1.54, 1.807) is 21.4 Å². The van der Waals surface area contributed by atoms with Gasteiger partial charge in [-0.15, -0.1) is 0 Å². The fraction of sp³-hybridized carbons (Fsp3) is 0.174. The molecule has 10 nitrogen and oxygen atoms in total. The lowest BCUT2D eigenvalue weighted by molar-refractivity contribution is 0.0943. The molecule has 0 atom stereocenters. The summed E-state index contributed by atoms with van der Waals surface area (Å²) in [5.74, 6) is 0.472. The predicted octanol–water partition coefficient (Wildman–Crippen LogP) is 2.63. The second-order valence-electron chi connectivity index (χ2n) is 7.58. The highest BCUT2D eigenvalue weighted by atomic mass is 16.5. The second-order valence-corrected chi connectivity index (χ2v) is 7.58. The molecule has 0 aliphatic rings. The lowest BCUT2D eigenvalue weighted by atomic mass is 10.1. The standard InChI is InChI=1S/C23H20N6O4/c1-15-4-6-16(7-5-15)13-28-14-25-21-17(23(28)31)12-26-29(21)9-8-24-22(30)18-11-20(33-27-18)19-3-2-10-32-19/h2-7,10-12,14H,8-9,13H2,1H3,(H,24,30). The molecular formula is C23H20N6O4. The van der Waals surface area contributed by atoms with Gasteiger partial charge in [0.05, 0.1) is 25.5 Å². The quantitative estimate of drug-likeness (QED) is 0.410. The van der Waals surface area contributed by atoms with Gasteiger partial charge in [0.15, 0.2) is 17.1 Å². The number of rotatable bonds is 7. The fourth-order valence-corrected chi connectivity index (χ4v) is 3.45. The SMILES string of the molecule is Cc1ccc(Cn2cnc3c(cnn3CCNC(=O)c3cc(-c4ccco4)on3)c2=O)cc1. The van der Waals surface area contributed by atoms with Gasteiger partial charge in [0.25, 0.3) is 11.5 Å².